The smallest absolute Gasteiger partial charge is 0.246 e. The van der Waals surface area contributed by atoms with Crippen LogP contribution in [0.2, 0.25) is 5.02 Å². The summed E-state index contributed by atoms with van der Waals surface area (Å²) in [4.78, 5) is 57.4. The predicted molar refractivity (Wildman–Crippen MR) is 275 cm³/mol. The van der Waals surface area contributed by atoms with E-state index in [1.54, 1.807) is 35.7 Å². The highest BCUT2D eigenvalue weighted by atomic mass is 35.5. The number of piperazine rings is 1. The standard InChI is InChI=1S/C53H70ClN9O7S/c1-10-40(33-11-13-34(14-12-33)44-32(2)57-31-71-44)58-47(67)41-25-37(64)29-63(41)48(68)45(51(3,4)5)59-43(65)30-69-24-23-61-19-21-62(22-20-61)42-18-16-36(28-56-42)46(66)60-49-52(6,7)50(53(49,8)9)70-38-17-15-35(27-55)39(54)26-38/h11-18,26,28,31,37,40-41,45-46,49-50,60,64,66H,10,19-25,29-30H2,1-9H3,(H,58,67)(H,59,65)/t37-,40+,41+,45-,46?,49-,50-/m1/s1. The third kappa shape index (κ3) is 12.2. The summed E-state index contributed by atoms with van der Waals surface area (Å²) < 4.78 is 12.2. The van der Waals surface area contributed by atoms with Gasteiger partial charge in [-0.1, -0.05) is 91.3 Å². The first-order chi connectivity index (χ1) is 33.6. The second kappa shape index (κ2) is 22.3. The van der Waals surface area contributed by atoms with Crippen LogP contribution in [0.4, 0.5) is 5.82 Å². The Bertz CT molecular complexity index is 2520. The molecule has 382 valence electrons. The van der Waals surface area contributed by atoms with Crippen molar-refractivity contribution < 1.29 is 34.1 Å². The molecule has 0 spiro atoms. The van der Waals surface area contributed by atoms with Gasteiger partial charge in [0.1, 0.15) is 48.7 Å². The molecule has 1 aliphatic carbocycles. The molecule has 5 N–H and O–H groups in total. The number of amides is 3. The van der Waals surface area contributed by atoms with Crippen molar-refractivity contribution in [2.45, 2.75) is 118 Å². The monoisotopic (exact) mass is 1010 g/mol. The molecular formula is C53H70ClN9O7S. The van der Waals surface area contributed by atoms with E-state index in [1.807, 2.05) is 76.5 Å². The lowest BCUT2D eigenvalue weighted by Gasteiger charge is -2.63. The third-order valence-electron chi connectivity index (χ3n) is 14.4. The number of ether oxygens (including phenoxy) is 2. The number of halogens is 1. The Balaban J connectivity index is 0.837. The highest BCUT2D eigenvalue weighted by Crippen LogP contribution is 2.56. The van der Waals surface area contributed by atoms with Crippen molar-refractivity contribution >= 4 is 46.5 Å². The number of aromatic nitrogens is 2. The Kier molecular flexibility index (Phi) is 16.8. The van der Waals surface area contributed by atoms with E-state index in [4.69, 9.17) is 26.1 Å². The zero-order valence-corrected chi connectivity index (χ0v) is 43.9. The number of hydrogen-bond acceptors (Lipinski definition) is 14. The van der Waals surface area contributed by atoms with E-state index in [-0.39, 0.29) is 54.5 Å². The molecular weight excluding hydrogens is 942 g/mol. The van der Waals surface area contributed by atoms with Crippen LogP contribution < -0.4 is 25.6 Å². The van der Waals surface area contributed by atoms with Gasteiger partial charge in [0.2, 0.25) is 17.7 Å². The quantitative estimate of drug-likeness (QED) is 0.0542. The van der Waals surface area contributed by atoms with Crippen molar-refractivity contribution in [1.82, 2.24) is 35.7 Å². The van der Waals surface area contributed by atoms with Crippen LogP contribution in [0, 0.1) is 34.5 Å². The average Bonchev–Trinajstić information content (AvgIpc) is 3.96. The molecule has 2 aromatic heterocycles. The first-order valence-corrected chi connectivity index (χ1v) is 25.8. The number of anilines is 1. The Hall–Kier alpha value is -5.19. The van der Waals surface area contributed by atoms with Gasteiger partial charge in [-0.25, -0.2) is 9.97 Å². The van der Waals surface area contributed by atoms with E-state index >= 15 is 0 Å². The summed E-state index contributed by atoms with van der Waals surface area (Å²) in [5.74, 6) is 0.200. The number of pyridine rings is 1. The van der Waals surface area contributed by atoms with Crippen LogP contribution >= 0.6 is 22.9 Å². The van der Waals surface area contributed by atoms with Gasteiger partial charge in [0.05, 0.1) is 45.4 Å². The van der Waals surface area contributed by atoms with E-state index < -0.39 is 41.6 Å². The zero-order valence-electron chi connectivity index (χ0n) is 42.4. The largest absolute Gasteiger partial charge is 0.489 e. The summed E-state index contributed by atoms with van der Waals surface area (Å²) in [6.07, 6.45) is 0.435. The van der Waals surface area contributed by atoms with Crippen LogP contribution in [0.1, 0.15) is 103 Å². The topological polar surface area (TPSA) is 206 Å². The molecule has 0 bridgehead atoms. The summed E-state index contributed by atoms with van der Waals surface area (Å²) in [5, 5.41) is 41.0. The first kappa shape index (κ1) is 53.6. The molecule has 3 aliphatic rings. The zero-order chi connectivity index (χ0) is 51.4. The molecule has 3 amide bonds. The SMILES string of the molecule is CC[C@H](NC(=O)[C@@H]1C[C@@H](O)CN1C(=O)[C@@H](NC(=O)COCCN1CCN(c2ccc(C(O)N[C@H]3C(C)(C)[C@H](Oc4ccc(C#N)c(Cl)c4)C3(C)C)cn2)CC1)C(C)(C)C)c1ccc(-c2scnc2C)cc1. The number of hydrogen-bond donors (Lipinski definition) is 5. The Labute approximate surface area is 427 Å². The molecule has 7 rings (SSSR count). The maximum atomic E-state index is 14.2. The first-order valence-electron chi connectivity index (χ1n) is 24.5. The molecule has 2 aromatic carbocycles. The number of nitrogens with zero attached hydrogens (tertiary/aromatic N) is 6. The number of rotatable bonds is 18. The number of thiazole rings is 1. The number of carbonyl (C=O) groups is 3. The van der Waals surface area contributed by atoms with Crippen LogP contribution in [0.3, 0.4) is 0 Å². The van der Waals surface area contributed by atoms with Crippen molar-refractivity contribution in [3.05, 3.63) is 93.7 Å². The lowest BCUT2D eigenvalue weighted by molar-refractivity contribution is -0.179. The number of benzene rings is 2. The Morgan fingerprint density at radius 2 is 1.68 bits per heavy atom. The molecule has 0 radical (unpaired) electrons. The van der Waals surface area contributed by atoms with Crippen LogP contribution in [0.25, 0.3) is 10.4 Å². The van der Waals surface area contributed by atoms with E-state index in [9.17, 15) is 29.9 Å². The Morgan fingerprint density at radius 1 is 0.986 bits per heavy atom. The van der Waals surface area contributed by atoms with E-state index in [0.717, 1.165) is 53.7 Å². The summed E-state index contributed by atoms with van der Waals surface area (Å²) in [7, 11) is 0. The Morgan fingerprint density at radius 3 is 2.27 bits per heavy atom. The number of aliphatic hydroxyl groups is 2. The van der Waals surface area contributed by atoms with Crippen molar-refractivity contribution in [3.63, 3.8) is 0 Å². The van der Waals surface area contributed by atoms with E-state index in [0.29, 0.717) is 41.5 Å². The molecule has 18 heteroatoms. The van der Waals surface area contributed by atoms with Gasteiger partial charge in [-0.3, -0.25) is 24.6 Å². The normalized spacial score (nSPS) is 22.2. The number of nitrogens with one attached hydrogen (secondary N) is 3. The lowest BCUT2D eigenvalue weighted by atomic mass is 9.49. The van der Waals surface area contributed by atoms with E-state index in [2.05, 4.69) is 64.5 Å². The van der Waals surface area contributed by atoms with Gasteiger partial charge in [0, 0.05) is 80.4 Å². The van der Waals surface area contributed by atoms with Crippen molar-refractivity contribution in [1.29, 1.82) is 5.26 Å². The maximum Gasteiger partial charge on any atom is 0.246 e. The highest BCUT2D eigenvalue weighted by molar-refractivity contribution is 7.13. The van der Waals surface area contributed by atoms with Gasteiger partial charge in [0.25, 0.3) is 0 Å². The van der Waals surface area contributed by atoms with E-state index in [1.165, 1.54) is 4.90 Å². The van der Waals surface area contributed by atoms with Gasteiger partial charge < -0.3 is 40.1 Å². The van der Waals surface area contributed by atoms with Gasteiger partial charge >= 0.3 is 0 Å². The molecule has 71 heavy (non-hydrogen) atoms. The third-order valence-corrected chi connectivity index (χ3v) is 15.7. The van der Waals surface area contributed by atoms with Gasteiger partial charge in [-0.05, 0) is 54.2 Å². The van der Waals surface area contributed by atoms with Crippen molar-refractivity contribution in [3.8, 4) is 22.3 Å². The van der Waals surface area contributed by atoms with Crippen molar-refractivity contribution in [2.75, 3.05) is 57.4 Å². The molecule has 16 nitrogen and oxygen atoms in total. The minimum Gasteiger partial charge on any atom is -0.489 e. The molecule has 1 unspecified atom stereocenters. The molecule has 2 aliphatic heterocycles. The molecule has 4 heterocycles. The molecule has 3 fully saturated rings. The fourth-order valence-electron chi connectivity index (χ4n) is 10.7. The maximum absolute atomic E-state index is 14.2. The van der Waals surface area contributed by atoms with Crippen molar-refractivity contribution in [2.24, 2.45) is 16.2 Å². The summed E-state index contributed by atoms with van der Waals surface area (Å²) >= 11 is 7.85. The number of carbonyl (C=O) groups excluding carboxylic acids is 3. The van der Waals surface area contributed by atoms with Crippen LogP contribution in [-0.2, 0) is 19.1 Å². The molecule has 2 saturated heterocycles. The number of likely N-dealkylation sites (tertiary alicyclic amines) is 1. The van der Waals surface area contributed by atoms with Crippen LogP contribution in [0.15, 0.2) is 66.3 Å². The molecule has 5 atom stereocenters. The fraction of sp³-hybridized carbons (Fsp3) is 0.547. The van der Waals surface area contributed by atoms with Gasteiger partial charge in [-0.15, -0.1) is 11.3 Å². The number of aliphatic hydroxyl groups excluding tert-OH is 2. The minimum absolute atomic E-state index is 0.0132. The number of nitriles is 1. The summed E-state index contributed by atoms with van der Waals surface area (Å²) in [5.41, 5.74) is 4.45. The minimum atomic E-state index is -0.961. The van der Waals surface area contributed by atoms with Crippen LogP contribution in [-0.4, -0.2) is 131 Å². The lowest BCUT2D eigenvalue weighted by Crippen LogP contribution is -2.74. The second-order valence-corrected chi connectivity index (χ2v) is 22.6. The average molecular weight is 1010 g/mol. The highest BCUT2D eigenvalue weighted by Gasteiger charge is 2.64. The summed E-state index contributed by atoms with van der Waals surface area (Å²) in [6.45, 7) is 21.6. The summed E-state index contributed by atoms with van der Waals surface area (Å²) in [6, 6.07) is 16.8. The van der Waals surface area contributed by atoms with Gasteiger partial charge in [0.15, 0.2) is 0 Å². The number of aryl methyl sites for hydroxylation is 1. The van der Waals surface area contributed by atoms with Gasteiger partial charge in [-0.2, -0.15) is 5.26 Å². The molecule has 1 saturated carbocycles. The predicted octanol–water partition coefficient (Wildman–Crippen LogP) is 6.40. The molecule has 4 aromatic rings. The second-order valence-electron chi connectivity index (χ2n) is 21.3. The number of β-amino-alcohol motifs (C(OH)–C–C–N with tert-alkyl or cyclic N) is 1. The van der Waals surface area contributed by atoms with Crippen LogP contribution in [0.5, 0.6) is 5.75 Å². The fourth-order valence-corrected chi connectivity index (χ4v) is 11.7.